The number of hydrogen-bond donors (Lipinski definition) is 0. The zero-order chi connectivity index (χ0) is 15.5. The van der Waals surface area contributed by atoms with Crippen molar-refractivity contribution in [2.24, 2.45) is 9.98 Å². The maximum absolute atomic E-state index is 4.74. The molecule has 2 aromatic rings. The SMILES string of the molecule is CCCCCCC(/C=N/c1ccccc1)=N\c1ccccc1.[Ni]. The minimum absolute atomic E-state index is 0. The van der Waals surface area contributed by atoms with Gasteiger partial charge >= 0.3 is 0 Å². The Kier molecular flexibility index (Phi) is 9.90. The first kappa shape index (κ1) is 19.3. The van der Waals surface area contributed by atoms with Crippen molar-refractivity contribution in [1.29, 1.82) is 0 Å². The van der Waals surface area contributed by atoms with Crippen molar-refractivity contribution < 1.29 is 16.5 Å². The van der Waals surface area contributed by atoms with E-state index in [-0.39, 0.29) is 16.5 Å². The zero-order valence-electron chi connectivity index (χ0n) is 13.6. The van der Waals surface area contributed by atoms with E-state index in [0.29, 0.717) is 0 Å². The fourth-order valence-electron chi connectivity index (χ4n) is 2.21. The Morgan fingerprint density at radius 3 is 2.04 bits per heavy atom. The van der Waals surface area contributed by atoms with Gasteiger partial charge in [0.25, 0.3) is 0 Å². The van der Waals surface area contributed by atoms with Crippen LogP contribution in [0.25, 0.3) is 0 Å². The quantitative estimate of drug-likeness (QED) is 0.311. The van der Waals surface area contributed by atoms with E-state index in [0.717, 1.165) is 23.5 Å². The largest absolute Gasteiger partial charge is 0.255 e. The second-order valence-corrected chi connectivity index (χ2v) is 5.34. The Morgan fingerprint density at radius 1 is 0.826 bits per heavy atom. The van der Waals surface area contributed by atoms with Gasteiger partial charge in [0.1, 0.15) is 0 Å². The van der Waals surface area contributed by atoms with Crippen LogP contribution in [-0.2, 0) is 16.5 Å². The fourth-order valence-corrected chi connectivity index (χ4v) is 2.21. The summed E-state index contributed by atoms with van der Waals surface area (Å²) in [5, 5.41) is 0. The van der Waals surface area contributed by atoms with Gasteiger partial charge in [-0.15, -0.1) is 0 Å². The third-order valence-electron chi connectivity index (χ3n) is 3.43. The zero-order valence-corrected chi connectivity index (χ0v) is 14.6. The van der Waals surface area contributed by atoms with Crippen LogP contribution in [0.15, 0.2) is 70.6 Å². The number of unbranched alkanes of at least 4 members (excludes halogenated alkanes) is 3. The Balaban J connectivity index is 0.00000264. The van der Waals surface area contributed by atoms with Crippen molar-refractivity contribution >= 4 is 23.3 Å². The molecule has 0 saturated carbocycles. The molecule has 0 heterocycles. The summed E-state index contributed by atoms with van der Waals surface area (Å²) in [6.45, 7) is 2.23. The summed E-state index contributed by atoms with van der Waals surface area (Å²) in [4.78, 5) is 9.28. The molecule has 3 heteroatoms. The molecular weight excluding hydrogens is 327 g/mol. The summed E-state index contributed by atoms with van der Waals surface area (Å²) < 4.78 is 0. The Hall–Kier alpha value is -1.73. The van der Waals surface area contributed by atoms with Gasteiger partial charge in [0, 0.05) is 22.7 Å². The predicted octanol–water partition coefficient (Wildman–Crippen LogP) is 6.13. The van der Waals surface area contributed by atoms with Crippen LogP contribution in [-0.4, -0.2) is 11.9 Å². The van der Waals surface area contributed by atoms with Crippen molar-refractivity contribution in [3.05, 3.63) is 60.7 Å². The maximum atomic E-state index is 4.74. The average molecular weight is 351 g/mol. The van der Waals surface area contributed by atoms with E-state index >= 15 is 0 Å². The molecule has 124 valence electrons. The normalized spacial score (nSPS) is 11.4. The van der Waals surface area contributed by atoms with Crippen LogP contribution in [0, 0.1) is 0 Å². The van der Waals surface area contributed by atoms with Crippen molar-refractivity contribution in [3.8, 4) is 0 Å². The molecule has 0 fully saturated rings. The van der Waals surface area contributed by atoms with Crippen molar-refractivity contribution in [1.82, 2.24) is 0 Å². The van der Waals surface area contributed by atoms with Crippen LogP contribution >= 0.6 is 0 Å². The monoisotopic (exact) mass is 350 g/mol. The summed E-state index contributed by atoms with van der Waals surface area (Å²) in [5.74, 6) is 0. The van der Waals surface area contributed by atoms with E-state index in [9.17, 15) is 0 Å². The molecule has 0 amide bonds. The van der Waals surface area contributed by atoms with Gasteiger partial charge in [0.15, 0.2) is 0 Å². The predicted molar refractivity (Wildman–Crippen MR) is 96.9 cm³/mol. The number of aliphatic imine (C=N–C) groups is 2. The minimum Gasteiger partial charge on any atom is -0.255 e. The first-order valence-corrected chi connectivity index (χ1v) is 8.10. The van der Waals surface area contributed by atoms with E-state index in [1.807, 2.05) is 66.9 Å². The molecule has 0 aliphatic carbocycles. The molecule has 2 rings (SSSR count). The van der Waals surface area contributed by atoms with Crippen LogP contribution < -0.4 is 0 Å². The van der Waals surface area contributed by atoms with Crippen LogP contribution in [0.1, 0.15) is 39.0 Å². The van der Waals surface area contributed by atoms with Crippen LogP contribution in [0.3, 0.4) is 0 Å². The smallest absolute Gasteiger partial charge is 0.0633 e. The molecule has 2 aromatic carbocycles. The van der Waals surface area contributed by atoms with Gasteiger partial charge in [-0.3, -0.25) is 9.98 Å². The Labute approximate surface area is 149 Å². The van der Waals surface area contributed by atoms with Gasteiger partial charge < -0.3 is 0 Å². The molecule has 0 saturated heterocycles. The van der Waals surface area contributed by atoms with Crippen LogP contribution in [0.5, 0.6) is 0 Å². The number of nitrogens with zero attached hydrogens (tertiary/aromatic N) is 2. The van der Waals surface area contributed by atoms with Gasteiger partial charge in [-0.25, -0.2) is 0 Å². The maximum Gasteiger partial charge on any atom is 0.0633 e. The van der Waals surface area contributed by atoms with Gasteiger partial charge in [-0.1, -0.05) is 62.6 Å². The van der Waals surface area contributed by atoms with Crippen LogP contribution in [0.4, 0.5) is 11.4 Å². The van der Waals surface area contributed by atoms with Gasteiger partial charge in [0.05, 0.1) is 17.1 Å². The average Bonchev–Trinajstić information content (AvgIpc) is 2.58. The topological polar surface area (TPSA) is 24.7 Å². The molecule has 0 spiro atoms. The second kappa shape index (κ2) is 11.8. The molecule has 2 nitrogen and oxygen atoms in total. The first-order chi connectivity index (χ1) is 10.9. The molecule has 23 heavy (non-hydrogen) atoms. The van der Waals surface area contributed by atoms with E-state index in [1.54, 1.807) is 0 Å². The summed E-state index contributed by atoms with van der Waals surface area (Å²) in [6.07, 6.45) is 7.85. The number of benzene rings is 2. The number of para-hydroxylation sites is 2. The molecule has 0 bridgehead atoms. The molecular formula is C20H24N2Ni. The Bertz CT molecular complexity index is 592. The third-order valence-corrected chi connectivity index (χ3v) is 3.43. The second-order valence-electron chi connectivity index (χ2n) is 5.34. The van der Waals surface area contributed by atoms with E-state index in [1.165, 1.54) is 25.7 Å². The van der Waals surface area contributed by atoms with E-state index in [2.05, 4.69) is 11.9 Å². The number of hydrogen-bond acceptors (Lipinski definition) is 2. The molecule has 0 aliphatic rings. The molecule has 0 unspecified atom stereocenters. The van der Waals surface area contributed by atoms with Crippen LogP contribution in [0.2, 0.25) is 0 Å². The molecule has 0 radical (unpaired) electrons. The standard InChI is InChI=1S/C20H24N2.Ni/c1-2-3-4-7-16-20(22-19-14-10-6-11-15-19)17-21-18-12-8-5-9-13-18;/h5-6,8-15,17H,2-4,7,16H2,1H3;/b21-17+,22-20+;. The summed E-state index contributed by atoms with van der Waals surface area (Å²) in [5.41, 5.74) is 3.01. The van der Waals surface area contributed by atoms with Crippen molar-refractivity contribution in [2.45, 2.75) is 39.0 Å². The summed E-state index contributed by atoms with van der Waals surface area (Å²) >= 11 is 0. The molecule has 0 aliphatic heterocycles. The Morgan fingerprint density at radius 2 is 1.43 bits per heavy atom. The molecule has 0 atom stereocenters. The number of rotatable bonds is 8. The van der Waals surface area contributed by atoms with Gasteiger partial charge in [0.2, 0.25) is 0 Å². The fraction of sp³-hybridized carbons (Fsp3) is 0.300. The van der Waals surface area contributed by atoms with Gasteiger partial charge in [-0.05, 0) is 37.1 Å². The van der Waals surface area contributed by atoms with E-state index < -0.39 is 0 Å². The summed E-state index contributed by atoms with van der Waals surface area (Å²) in [7, 11) is 0. The minimum atomic E-state index is 0. The van der Waals surface area contributed by atoms with E-state index in [4.69, 9.17) is 4.99 Å². The molecule has 0 N–H and O–H groups in total. The summed E-state index contributed by atoms with van der Waals surface area (Å²) in [6, 6.07) is 20.1. The van der Waals surface area contributed by atoms with Crippen molar-refractivity contribution in [2.75, 3.05) is 0 Å². The van der Waals surface area contributed by atoms with Gasteiger partial charge in [-0.2, -0.15) is 0 Å². The third kappa shape index (κ3) is 7.90. The molecule has 0 aromatic heterocycles. The first-order valence-electron chi connectivity index (χ1n) is 8.10. The van der Waals surface area contributed by atoms with Crippen molar-refractivity contribution in [3.63, 3.8) is 0 Å².